The Morgan fingerprint density at radius 1 is 1.00 bits per heavy atom. The molecule has 15 heavy (non-hydrogen) atoms. The monoisotopic (exact) mass is 232 g/mol. The summed E-state index contributed by atoms with van der Waals surface area (Å²) < 4.78 is 32.2. The number of sulfone groups is 1. The van der Waals surface area contributed by atoms with Crippen LogP contribution in [0.25, 0.3) is 0 Å². The minimum atomic E-state index is -4.23. The molecule has 0 fully saturated rings. The van der Waals surface area contributed by atoms with Crippen LogP contribution in [0.2, 0.25) is 0 Å². The molecule has 2 rings (SSSR count). The molecule has 0 bridgehead atoms. The lowest BCUT2D eigenvalue weighted by atomic mass is 10.7. The summed E-state index contributed by atoms with van der Waals surface area (Å²) in [6, 6.07) is 0. The lowest BCUT2D eigenvalue weighted by molar-refractivity contribution is -0.120. The molecule has 0 aromatic rings. The van der Waals surface area contributed by atoms with Gasteiger partial charge < -0.3 is 9.47 Å². The largest absolute Gasteiger partial charge is 0.454 e. The topological polar surface area (TPSA) is 111 Å². The second-order valence-electron chi connectivity index (χ2n) is 2.67. The fourth-order valence-electron chi connectivity index (χ4n) is 1.06. The van der Waals surface area contributed by atoms with Gasteiger partial charge in [0.1, 0.15) is 0 Å². The van der Waals surface area contributed by atoms with E-state index in [0.717, 1.165) is 0 Å². The fraction of sp³-hybridized carbons (Fsp3) is 0.333. The Morgan fingerprint density at radius 2 is 1.40 bits per heavy atom. The van der Waals surface area contributed by atoms with E-state index in [1.165, 1.54) is 0 Å². The molecule has 2 atom stereocenters. The predicted octanol–water partition coefficient (Wildman–Crippen LogP) is -1.78. The van der Waals surface area contributed by atoms with Crippen molar-refractivity contribution in [3.63, 3.8) is 0 Å². The van der Waals surface area contributed by atoms with E-state index in [1.54, 1.807) is 0 Å². The van der Waals surface area contributed by atoms with Gasteiger partial charge in [0.15, 0.2) is 12.8 Å². The van der Waals surface area contributed by atoms with Gasteiger partial charge in [-0.15, -0.1) is 0 Å². The summed E-state index contributed by atoms with van der Waals surface area (Å²) in [6.45, 7) is 0. The van der Waals surface area contributed by atoms with Gasteiger partial charge in [-0.25, -0.2) is 8.42 Å². The van der Waals surface area contributed by atoms with Crippen molar-refractivity contribution in [3.05, 3.63) is 0 Å². The van der Waals surface area contributed by atoms with Crippen molar-refractivity contribution in [2.24, 2.45) is 9.98 Å². The van der Waals surface area contributed by atoms with E-state index in [2.05, 4.69) is 19.5 Å². The Bertz CT molecular complexity index is 440. The number of nitrogens with zero attached hydrogens (tertiary/aromatic N) is 2. The minimum absolute atomic E-state index is 0.713. The molecule has 8 nitrogen and oxygen atoms in total. The van der Waals surface area contributed by atoms with Gasteiger partial charge >= 0.3 is 11.8 Å². The third-order valence-electron chi connectivity index (χ3n) is 1.73. The quantitative estimate of drug-likeness (QED) is 0.556. The zero-order chi connectivity index (χ0) is 11.1. The van der Waals surface area contributed by atoms with Crippen LogP contribution >= 0.6 is 0 Å². The van der Waals surface area contributed by atoms with Crippen molar-refractivity contribution in [1.29, 1.82) is 0 Å². The summed E-state index contributed by atoms with van der Waals surface area (Å²) in [5.41, 5.74) is -3.62. The molecule has 2 aliphatic heterocycles. The number of amides is 2. The van der Waals surface area contributed by atoms with Crippen molar-refractivity contribution >= 4 is 34.5 Å². The molecular formula is C6H4N2O6S. The molecule has 9 heteroatoms. The van der Waals surface area contributed by atoms with E-state index >= 15 is 0 Å². The van der Waals surface area contributed by atoms with Gasteiger partial charge in [-0.2, -0.15) is 9.98 Å². The minimum Gasteiger partial charge on any atom is -0.454 e. The van der Waals surface area contributed by atoms with Gasteiger partial charge in [-0.05, 0) is 0 Å². The van der Waals surface area contributed by atoms with Crippen molar-refractivity contribution < 1.29 is 27.5 Å². The number of rotatable bonds is 2. The normalized spacial score (nSPS) is 29.3. The number of hydrogen-bond donors (Lipinski definition) is 0. The molecule has 0 spiro atoms. The summed E-state index contributed by atoms with van der Waals surface area (Å²) in [5.74, 6) is -1.98. The average Bonchev–Trinajstić information content (AvgIpc) is 2.73. The molecule has 0 aromatic heterocycles. The van der Waals surface area contributed by atoms with Crippen molar-refractivity contribution in [1.82, 2.24) is 0 Å². The first kappa shape index (κ1) is 9.77. The lowest BCUT2D eigenvalue weighted by Crippen LogP contribution is -2.39. The van der Waals surface area contributed by atoms with Gasteiger partial charge in [-0.1, -0.05) is 0 Å². The van der Waals surface area contributed by atoms with Gasteiger partial charge in [-0.3, -0.25) is 9.59 Å². The first-order chi connectivity index (χ1) is 7.03. The molecule has 2 unspecified atom stereocenters. The van der Waals surface area contributed by atoms with E-state index in [-0.39, 0.29) is 0 Å². The van der Waals surface area contributed by atoms with E-state index in [9.17, 15) is 18.0 Å². The zero-order valence-electron chi connectivity index (χ0n) is 7.06. The third-order valence-corrected chi connectivity index (χ3v) is 3.55. The highest BCUT2D eigenvalue weighted by Gasteiger charge is 2.48. The van der Waals surface area contributed by atoms with Gasteiger partial charge in [0.05, 0.1) is 0 Å². The molecule has 0 radical (unpaired) electrons. The van der Waals surface area contributed by atoms with Crippen molar-refractivity contribution in [3.8, 4) is 0 Å². The number of aliphatic imine (C=N–C) groups is 2. The van der Waals surface area contributed by atoms with Crippen LogP contribution in [-0.4, -0.2) is 43.9 Å². The van der Waals surface area contributed by atoms with Crippen LogP contribution in [0.3, 0.4) is 0 Å². The molecule has 0 saturated carbocycles. The molecule has 0 aliphatic carbocycles. The summed E-state index contributed by atoms with van der Waals surface area (Å²) in [4.78, 5) is 28.2. The molecular weight excluding hydrogens is 228 g/mol. The Labute approximate surface area is 83.5 Å². The van der Waals surface area contributed by atoms with Crippen LogP contribution in [0.4, 0.5) is 0 Å². The highest BCUT2D eigenvalue weighted by atomic mass is 32.2. The Balaban J connectivity index is 2.28. The lowest BCUT2D eigenvalue weighted by Gasteiger charge is -2.12. The molecule has 2 aliphatic rings. The summed E-state index contributed by atoms with van der Waals surface area (Å²) >= 11 is 0. The maximum atomic E-state index is 11.6. The highest BCUT2D eigenvalue weighted by molar-refractivity contribution is 7.93. The summed E-state index contributed by atoms with van der Waals surface area (Å²) in [5, 5.41) is 0. The zero-order valence-corrected chi connectivity index (χ0v) is 7.88. The van der Waals surface area contributed by atoms with E-state index in [4.69, 9.17) is 0 Å². The van der Waals surface area contributed by atoms with Crippen LogP contribution in [0.5, 0.6) is 0 Å². The van der Waals surface area contributed by atoms with E-state index < -0.39 is 32.5 Å². The van der Waals surface area contributed by atoms with Crippen LogP contribution in [0.1, 0.15) is 0 Å². The van der Waals surface area contributed by atoms with Gasteiger partial charge in [0, 0.05) is 0 Å². The average molecular weight is 232 g/mol. The van der Waals surface area contributed by atoms with Crippen LogP contribution in [0, 0.1) is 0 Å². The first-order valence-electron chi connectivity index (χ1n) is 3.70. The third kappa shape index (κ3) is 1.40. The maximum absolute atomic E-state index is 11.6. The van der Waals surface area contributed by atoms with E-state index in [1.807, 2.05) is 0 Å². The second kappa shape index (κ2) is 3.12. The molecule has 0 aromatic carbocycles. The van der Waals surface area contributed by atoms with Crippen LogP contribution in [0.15, 0.2) is 9.98 Å². The number of carbonyl (C=O) groups is 2. The molecule has 0 saturated heterocycles. The molecule has 2 amide bonds. The SMILES string of the molecule is O=C1N=COC1S(=O)(=O)C1OC=NC1=O. The Hall–Kier alpha value is -1.77. The Morgan fingerprint density at radius 3 is 1.67 bits per heavy atom. The highest BCUT2D eigenvalue weighted by Crippen LogP contribution is 2.19. The van der Waals surface area contributed by atoms with Gasteiger partial charge in [0.2, 0.25) is 9.84 Å². The molecule has 2 heterocycles. The van der Waals surface area contributed by atoms with Crippen LogP contribution < -0.4 is 0 Å². The number of carbonyl (C=O) groups excluding carboxylic acids is 2. The predicted molar refractivity (Wildman–Crippen MR) is 45.7 cm³/mol. The second-order valence-corrected chi connectivity index (χ2v) is 4.70. The standard InChI is InChI=1S/C6H4N2O6S/c9-3-5(13-1-7-3)15(11,12)6-4(10)8-2-14-6/h1-2,5-6H. The van der Waals surface area contributed by atoms with Crippen molar-refractivity contribution in [2.75, 3.05) is 0 Å². The number of hydrogen-bond acceptors (Lipinski definition) is 6. The summed E-state index contributed by atoms with van der Waals surface area (Å²) in [7, 11) is -4.23. The summed E-state index contributed by atoms with van der Waals surface area (Å²) in [6.07, 6.45) is 1.43. The van der Waals surface area contributed by atoms with Crippen molar-refractivity contribution in [2.45, 2.75) is 10.9 Å². The first-order valence-corrected chi connectivity index (χ1v) is 5.31. The molecule has 0 N–H and O–H groups in total. The molecule has 80 valence electrons. The maximum Gasteiger partial charge on any atom is 0.305 e. The van der Waals surface area contributed by atoms with Gasteiger partial charge in [0.25, 0.3) is 10.9 Å². The fourth-order valence-corrected chi connectivity index (χ4v) is 2.38. The smallest absolute Gasteiger partial charge is 0.305 e. The Kier molecular flexibility index (Phi) is 2.03. The van der Waals surface area contributed by atoms with E-state index in [0.29, 0.717) is 12.8 Å². The number of ether oxygens (including phenoxy) is 2. The van der Waals surface area contributed by atoms with Crippen LogP contribution in [-0.2, 0) is 28.9 Å².